The maximum Gasteiger partial charge on any atom is 0.320 e. The highest BCUT2D eigenvalue weighted by Gasteiger charge is 2.22. The molecule has 0 amide bonds. The standard InChI is InChI=1S/C15H31NO2/c1-4-7-8-9-10-11-12-13-14(15(17)18)16(5-2)6-3/h14H,4-13H2,1-3H3,(H,17,18). The number of likely N-dealkylation sites (N-methyl/N-ethyl adjacent to an activating group) is 1. The third-order valence-corrected chi connectivity index (χ3v) is 3.62. The minimum Gasteiger partial charge on any atom is -0.480 e. The average molecular weight is 257 g/mol. The molecule has 1 unspecified atom stereocenters. The van der Waals surface area contributed by atoms with Gasteiger partial charge in [-0.05, 0) is 19.5 Å². The molecule has 0 saturated heterocycles. The topological polar surface area (TPSA) is 40.5 Å². The zero-order valence-corrected chi connectivity index (χ0v) is 12.5. The van der Waals surface area contributed by atoms with Crippen molar-refractivity contribution in [2.24, 2.45) is 0 Å². The third kappa shape index (κ3) is 7.70. The smallest absolute Gasteiger partial charge is 0.320 e. The van der Waals surface area contributed by atoms with E-state index in [1.807, 2.05) is 18.7 Å². The van der Waals surface area contributed by atoms with Crippen LogP contribution in [0.15, 0.2) is 0 Å². The highest BCUT2D eigenvalue weighted by molar-refractivity contribution is 5.73. The molecule has 0 heterocycles. The fourth-order valence-corrected chi connectivity index (χ4v) is 2.42. The molecule has 18 heavy (non-hydrogen) atoms. The van der Waals surface area contributed by atoms with Gasteiger partial charge in [0.2, 0.25) is 0 Å². The first-order valence-electron chi connectivity index (χ1n) is 7.64. The lowest BCUT2D eigenvalue weighted by atomic mass is 10.0. The highest BCUT2D eigenvalue weighted by atomic mass is 16.4. The zero-order valence-electron chi connectivity index (χ0n) is 12.5. The van der Waals surface area contributed by atoms with Gasteiger partial charge in [-0.1, -0.05) is 65.7 Å². The van der Waals surface area contributed by atoms with Crippen LogP contribution in [0.25, 0.3) is 0 Å². The summed E-state index contributed by atoms with van der Waals surface area (Å²) < 4.78 is 0. The van der Waals surface area contributed by atoms with Crippen molar-refractivity contribution in [1.82, 2.24) is 4.90 Å². The predicted octanol–water partition coefficient (Wildman–Crippen LogP) is 3.92. The van der Waals surface area contributed by atoms with E-state index in [0.717, 1.165) is 25.9 Å². The second-order valence-electron chi connectivity index (χ2n) is 4.99. The Bertz CT molecular complexity index is 203. The molecule has 0 aromatic heterocycles. The van der Waals surface area contributed by atoms with Gasteiger partial charge in [0.15, 0.2) is 0 Å². The van der Waals surface area contributed by atoms with Crippen LogP contribution in [0, 0.1) is 0 Å². The minimum absolute atomic E-state index is 0.282. The molecule has 0 aromatic rings. The Morgan fingerprint density at radius 1 is 0.944 bits per heavy atom. The van der Waals surface area contributed by atoms with Crippen molar-refractivity contribution in [3.05, 3.63) is 0 Å². The molecular weight excluding hydrogens is 226 g/mol. The lowest BCUT2D eigenvalue weighted by Crippen LogP contribution is -2.40. The van der Waals surface area contributed by atoms with Crippen LogP contribution in [0.4, 0.5) is 0 Å². The van der Waals surface area contributed by atoms with Crippen LogP contribution in [-0.2, 0) is 4.79 Å². The molecule has 3 heteroatoms. The fourth-order valence-electron chi connectivity index (χ4n) is 2.42. The van der Waals surface area contributed by atoms with E-state index in [-0.39, 0.29) is 6.04 Å². The number of unbranched alkanes of at least 4 members (excludes halogenated alkanes) is 6. The minimum atomic E-state index is -0.662. The number of aliphatic carboxylic acids is 1. The van der Waals surface area contributed by atoms with Crippen LogP contribution in [0.2, 0.25) is 0 Å². The largest absolute Gasteiger partial charge is 0.480 e. The van der Waals surface area contributed by atoms with Crippen molar-refractivity contribution in [2.75, 3.05) is 13.1 Å². The molecule has 0 radical (unpaired) electrons. The van der Waals surface area contributed by atoms with Crippen molar-refractivity contribution < 1.29 is 9.90 Å². The Balaban J connectivity index is 3.74. The Morgan fingerprint density at radius 2 is 1.44 bits per heavy atom. The predicted molar refractivity (Wildman–Crippen MR) is 77.0 cm³/mol. The van der Waals surface area contributed by atoms with Crippen molar-refractivity contribution in [2.45, 2.75) is 78.2 Å². The summed E-state index contributed by atoms with van der Waals surface area (Å²) in [6, 6.07) is -0.282. The monoisotopic (exact) mass is 257 g/mol. The number of rotatable bonds is 12. The van der Waals surface area contributed by atoms with Crippen LogP contribution >= 0.6 is 0 Å². The SMILES string of the molecule is CCCCCCCCCC(C(=O)O)N(CC)CC. The molecule has 0 aromatic carbocycles. The van der Waals surface area contributed by atoms with E-state index in [2.05, 4.69) is 6.92 Å². The zero-order chi connectivity index (χ0) is 13.8. The molecule has 0 fully saturated rings. The van der Waals surface area contributed by atoms with E-state index in [0.29, 0.717) is 0 Å². The Morgan fingerprint density at radius 3 is 1.89 bits per heavy atom. The van der Waals surface area contributed by atoms with E-state index in [9.17, 15) is 9.90 Å². The molecule has 1 atom stereocenters. The van der Waals surface area contributed by atoms with Crippen LogP contribution < -0.4 is 0 Å². The molecule has 0 aliphatic carbocycles. The summed E-state index contributed by atoms with van der Waals surface area (Å²) in [5.41, 5.74) is 0. The van der Waals surface area contributed by atoms with Crippen molar-refractivity contribution in [3.63, 3.8) is 0 Å². The summed E-state index contributed by atoms with van der Waals surface area (Å²) in [7, 11) is 0. The van der Waals surface area contributed by atoms with Gasteiger partial charge in [0.1, 0.15) is 6.04 Å². The Hall–Kier alpha value is -0.570. The number of carboxylic acid groups (broad SMARTS) is 1. The highest BCUT2D eigenvalue weighted by Crippen LogP contribution is 2.13. The summed E-state index contributed by atoms with van der Waals surface area (Å²) in [5, 5.41) is 9.24. The Labute approximate surface area is 113 Å². The van der Waals surface area contributed by atoms with Crippen molar-refractivity contribution in [3.8, 4) is 0 Å². The van der Waals surface area contributed by atoms with Gasteiger partial charge >= 0.3 is 5.97 Å². The maximum absolute atomic E-state index is 11.2. The number of carboxylic acids is 1. The molecule has 108 valence electrons. The van der Waals surface area contributed by atoms with Crippen molar-refractivity contribution >= 4 is 5.97 Å². The van der Waals surface area contributed by atoms with E-state index in [1.165, 1.54) is 38.5 Å². The van der Waals surface area contributed by atoms with Gasteiger partial charge in [-0.2, -0.15) is 0 Å². The second kappa shape index (κ2) is 11.5. The molecule has 3 nitrogen and oxygen atoms in total. The van der Waals surface area contributed by atoms with Gasteiger partial charge in [0.05, 0.1) is 0 Å². The molecule has 0 rings (SSSR count). The second-order valence-corrected chi connectivity index (χ2v) is 4.99. The molecule has 0 aliphatic heterocycles. The quantitative estimate of drug-likeness (QED) is 0.539. The van der Waals surface area contributed by atoms with Crippen LogP contribution in [0.1, 0.15) is 72.1 Å². The van der Waals surface area contributed by atoms with Crippen LogP contribution in [0.5, 0.6) is 0 Å². The first kappa shape index (κ1) is 17.4. The molecule has 0 saturated carbocycles. The lowest BCUT2D eigenvalue weighted by Gasteiger charge is -2.26. The maximum atomic E-state index is 11.2. The fraction of sp³-hybridized carbons (Fsp3) is 0.933. The number of hydrogen-bond acceptors (Lipinski definition) is 2. The first-order valence-corrected chi connectivity index (χ1v) is 7.64. The summed E-state index contributed by atoms with van der Waals surface area (Å²) >= 11 is 0. The summed E-state index contributed by atoms with van der Waals surface area (Å²) in [4.78, 5) is 13.3. The van der Waals surface area contributed by atoms with E-state index >= 15 is 0 Å². The van der Waals surface area contributed by atoms with Gasteiger partial charge in [0.25, 0.3) is 0 Å². The van der Waals surface area contributed by atoms with Crippen LogP contribution in [-0.4, -0.2) is 35.1 Å². The van der Waals surface area contributed by atoms with Gasteiger partial charge in [-0.15, -0.1) is 0 Å². The van der Waals surface area contributed by atoms with Gasteiger partial charge in [-0.3, -0.25) is 9.69 Å². The lowest BCUT2D eigenvalue weighted by molar-refractivity contribution is -0.143. The average Bonchev–Trinajstić information content (AvgIpc) is 2.36. The molecular formula is C15H31NO2. The molecule has 0 spiro atoms. The number of hydrogen-bond donors (Lipinski definition) is 1. The first-order chi connectivity index (χ1) is 8.67. The van der Waals surface area contributed by atoms with E-state index in [4.69, 9.17) is 0 Å². The van der Waals surface area contributed by atoms with E-state index in [1.54, 1.807) is 0 Å². The summed E-state index contributed by atoms with van der Waals surface area (Å²) in [6.07, 6.45) is 9.51. The Kier molecular flexibility index (Phi) is 11.2. The number of nitrogens with zero attached hydrogens (tertiary/aromatic N) is 1. The van der Waals surface area contributed by atoms with E-state index < -0.39 is 5.97 Å². The number of carbonyl (C=O) groups is 1. The van der Waals surface area contributed by atoms with Crippen LogP contribution in [0.3, 0.4) is 0 Å². The van der Waals surface area contributed by atoms with Gasteiger partial charge in [0, 0.05) is 0 Å². The summed E-state index contributed by atoms with van der Waals surface area (Å²) in [5.74, 6) is -0.662. The summed E-state index contributed by atoms with van der Waals surface area (Å²) in [6.45, 7) is 7.93. The molecule has 0 bridgehead atoms. The normalized spacial score (nSPS) is 12.9. The molecule has 0 aliphatic rings. The molecule has 1 N–H and O–H groups in total. The third-order valence-electron chi connectivity index (χ3n) is 3.62. The van der Waals surface area contributed by atoms with Gasteiger partial charge in [-0.25, -0.2) is 0 Å². The van der Waals surface area contributed by atoms with Gasteiger partial charge < -0.3 is 5.11 Å². The van der Waals surface area contributed by atoms with Crippen molar-refractivity contribution in [1.29, 1.82) is 0 Å².